The van der Waals surface area contributed by atoms with Crippen molar-refractivity contribution in [2.24, 2.45) is 5.92 Å². The van der Waals surface area contributed by atoms with E-state index in [9.17, 15) is 37.5 Å². The summed E-state index contributed by atoms with van der Waals surface area (Å²) in [6.45, 7) is 13.5. The van der Waals surface area contributed by atoms with Crippen LogP contribution in [0.3, 0.4) is 0 Å². The van der Waals surface area contributed by atoms with Crippen molar-refractivity contribution >= 4 is 45.4 Å². The Labute approximate surface area is 304 Å². The third-order valence-corrected chi connectivity index (χ3v) is 9.29. The third-order valence-electron chi connectivity index (χ3n) is 8.18. The Bertz CT molecular complexity index is 1800. The fraction of sp³-hybridized carbons (Fsp3) is 0.528. The number of carbonyl (C=O) groups is 5. The fourth-order valence-electron chi connectivity index (χ4n) is 6.07. The highest BCUT2D eigenvalue weighted by Gasteiger charge is 2.57. The van der Waals surface area contributed by atoms with E-state index in [0.717, 1.165) is 16.3 Å². The van der Waals surface area contributed by atoms with Crippen LogP contribution in [0.1, 0.15) is 82.5 Å². The Morgan fingerprint density at radius 2 is 1.52 bits per heavy atom. The quantitative estimate of drug-likeness (QED) is 0.358. The molecule has 16 heteroatoms. The number of fused-ring (bicyclic) bond motifs is 1. The first kappa shape index (κ1) is 40.1. The maximum absolute atomic E-state index is 14.5. The molecule has 284 valence electrons. The molecule has 3 N–H and O–H groups in total. The molecule has 0 saturated carbocycles. The van der Waals surface area contributed by atoms with Crippen molar-refractivity contribution in [1.29, 1.82) is 0 Å². The van der Waals surface area contributed by atoms with Gasteiger partial charge in [0, 0.05) is 29.6 Å². The minimum Gasteiger partial charge on any atom is -0.444 e. The molecule has 2 aromatic rings. The van der Waals surface area contributed by atoms with Gasteiger partial charge in [-0.1, -0.05) is 19.9 Å². The molecule has 2 saturated heterocycles. The average Bonchev–Trinajstić information content (AvgIpc) is 3.55. The van der Waals surface area contributed by atoms with Crippen molar-refractivity contribution in [1.82, 2.24) is 20.2 Å². The molecule has 3 unspecified atom stereocenters. The van der Waals surface area contributed by atoms with Gasteiger partial charge in [0.05, 0.1) is 23.6 Å². The smallest absolute Gasteiger partial charge is 0.429 e. The second-order valence-electron chi connectivity index (χ2n) is 15.5. The van der Waals surface area contributed by atoms with E-state index in [1.54, 1.807) is 41.5 Å². The summed E-state index contributed by atoms with van der Waals surface area (Å²) in [5.74, 6) is -1.99. The first-order chi connectivity index (χ1) is 23.9. The summed E-state index contributed by atoms with van der Waals surface area (Å²) < 4.78 is 35.3. The van der Waals surface area contributed by atoms with Crippen molar-refractivity contribution in [2.45, 2.75) is 102 Å². The van der Waals surface area contributed by atoms with Crippen LogP contribution in [0, 0.1) is 5.92 Å². The Kier molecular flexibility index (Phi) is 11.6. The highest BCUT2D eigenvalue weighted by Crippen LogP contribution is 2.35. The SMILES string of the molecule is CC(C)C[C@H](NC(=O)c1ccc(NC(=O)OC(C)(C)C)cc1)C(=O)N1C2C(O)CN(C(=O)c3cccc(S(C)(=O)=O)c3)C2CN1C(=O)OC(C)(C)C. The van der Waals surface area contributed by atoms with Gasteiger partial charge < -0.3 is 24.8 Å². The summed E-state index contributed by atoms with van der Waals surface area (Å²) in [6.07, 6.45) is -1.67. The molecule has 2 aromatic carbocycles. The third kappa shape index (κ3) is 9.79. The number of hydrogen-bond donors (Lipinski definition) is 3. The summed E-state index contributed by atoms with van der Waals surface area (Å²) in [4.78, 5) is 68.9. The van der Waals surface area contributed by atoms with E-state index in [4.69, 9.17) is 9.47 Å². The maximum Gasteiger partial charge on any atom is 0.429 e. The molecule has 0 radical (unpaired) electrons. The van der Waals surface area contributed by atoms with Crippen LogP contribution in [0.2, 0.25) is 0 Å². The second kappa shape index (κ2) is 15.1. The first-order valence-electron chi connectivity index (χ1n) is 17.0. The summed E-state index contributed by atoms with van der Waals surface area (Å²) in [5.41, 5.74) is -1.03. The number of anilines is 1. The molecule has 52 heavy (non-hydrogen) atoms. The van der Waals surface area contributed by atoms with E-state index < -0.39 is 75.2 Å². The number of nitrogens with zero attached hydrogens (tertiary/aromatic N) is 3. The van der Waals surface area contributed by atoms with E-state index >= 15 is 0 Å². The Morgan fingerprint density at radius 1 is 0.904 bits per heavy atom. The number of rotatable bonds is 8. The van der Waals surface area contributed by atoms with Crippen LogP contribution in [0.25, 0.3) is 0 Å². The van der Waals surface area contributed by atoms with Crippen LogP contribution in [-0.2, 0) is 24.1 Å². The number of β-amino-alcohol motifs (C(OH)–C–C–N with tert-alkyl or cyclic N) is 1. The molecule has 0 spiro atoms. The van der Waals surface area contributed by atoms with Gasteiger partial charge in [-0.15, -0.1) is 0 Å². The number of aliphatic hydroxyl groups is 1. The molecule has 4 rings (SSSR count). The monoisotopic (exact) mass is 743 g/mol. The summed E-state index contributed by atoms with van der Waals surface area (Å²) in [5, 5.41) is 18.9. The van der Waals surface area contributed by atoms with Crippen molar-refractivity contribution < 1.29 is 47.0 Å². The minimum atomic E-state index is -3.63. The minimum absolute atomic E-state index is 0.0571. The lowest BCUT2D eigenvalue weighted by molar-refractivity contribution is -0.152. The van der Waals surface area contributed by atoms with E-state index in [0.29, 0.717) is 5.69 Å². The average molecular weight is 744 g/mol. The summed E-state index contributed by atoms with van der Waals surface area (Å²) in [7, 11) is -3.63. The van der Waals surface area contributed by atoms with Crippen LogP contribution < -0.4 is 10.6 Å². The zero-order valence-electron chi connectivity index (χ0n) is 31.0. The van der Waals surface area contributed by atoms with Crippen LogP contribution in [0.5, 0.6) is 0 Å². The number of hydrogen-bond acceptors (Lipinski definition) is 10. The first-order valence-corrected chi connectivity index (χ1v) is 18.9. The van der Waals surface area contributed by atoms with E-state index in [1.807, 2.05) is 13.8 Å². The number of sulfone groups is 1. The zero-order valence-corrected chi connectivity index (χ0v) is 31.8. The van der Waals surface area contributed by atoms with Gasteiger partial charge in [0.15, 0.2) is 9.84 Å². The molecular weight excluding hydrogens is 694 g/mol. The van der Waals surface area contributed by atoms with Crippen molar-refractivity contribution in [3.8, 4) is 0 Å². The molecular formula is C36H49N5O10S. The number of benzene rings is 2. The fourth-order valence-corrected chi connectivity index (χ4v) is 6.73. The van der Waals surface area contributed by atoms with Crippen LogP contribution >= 0.6 is 0 Å². The van der Waals surface area contributed by atoms with Gasteiger partial charge in [-0.25, -0.2) is 28.0 Å². The van der Waals surface area contributed by atoms with Crippen molar-refractivity contribution in [2.75, 3.05) is 24.7 Å². The number of ether oxygens (including phenoxy) is 2. The molecule has 2 fully saturated rings. The molecule has 2 aliphatic rings. The number of amides is 5. The van der Waals surface area contributed by atoms with Gasteiger partial charge in [-0.3, -0.25) is 19.7 Å². The Balaban J connectivity index is 1.63. The molecule has 0 aliphatic carbocycles. The van der Waals surface area contributed by atoms with E-state index in [2.05, 4.69) is 10.6 Å². The van der Waals surface area contributed by atoms with Gasteiger partial charge in [-0.2, -0.15) is 0 Å². The number of aliphatic hydroxyl groups excluding tert-OH is 1. The summed E-state index contributed by atoms with van der Waals surface area (Å²) >= 11 is 0. The predicted octanol–water partition coefficient (Wildman–Crippen LogP) is 3.83. The van der Waals surface area contributed by atoms with Crippen molar-refractivity contribution in [3.05, 3.63) is 59.7 Å². The molecule has 0 bridgehead atoms. The molecule has 2 aliphatic heterocycles. The largest absolute Gasteiger partial charge is 0.444 e. The lowest BCUT2D eigenvalue weighted by atomic mass is 10.0. The van der Waals surface area contributed by atoms with Gasteiger partial charge >= 0.3 is 12.2 Å². The molecule has 5 amide bonds. The lowest BCUT2D eigenvalue weighted by Gasteiger charge is -2.36. The lowest BCUT2D eigenvalue weighted by Crippen LogP contribution is -2.58. The Morgan fingerprint density at radius 3 is 2.08 bits per heavy atom. The van der Waals surface area contributed by atoms with Crippen molar-refractivity contribution in [3.63, 3.8) is 0 Å². The second-order valence-corrected chi connectivity index (χ2v) is 17.5. The topological polar surface area (TPSA) is 192 Å². The van der Waals surface area contributed by atoms with Crippen LogP contribution in [0.4, 0.5) is 15.3 Å². The van der Waals surface area contributed by atoms with Gasteiger partial charge in [0.2, 0.25) is 0 Å². The number of likely N-dealkylation sites (tertiary alicyclic amines) is 1. The van der Waals surface area contributed by atoms with Gasteiger partial charge in [0.1, 0.15) is 23.3 Å². The zero-order chi connectivity index (χ0) is 38.9. The maximum atomic E-state index is 14.5. The normalized spacial score (nSPS) is 19.6. The summed E-state index contributed by atoms with van der Waals surface area (Å²) in [6, 6.07) is 8.33. The number of hydrazine groups is 1. The number of carbonyl (C=O) groups excluding carboxylic acids is 5. The molecule has 15 nitrogen and oxygen atoms in total. The predicted molar refractivity (Wildman–Crippen MR) is 191 cm³/mol. The van der Waals surface area contributed by atoms with Crippen LogP contribution in [-0.4, -0.2) is 113 Å². The standard InChI is InChI=1S/C36H49N5O10S/c1-21(2)17-26(38-30(43)22-13-15-24(16-14-22)37-33(46)50-35(3,4)5)32(45)41-29-27(19-40(41)34(47)51-36(6,7)8)39(20-28(29)42)31(44)23-11-10-12-25(18-23)52(9,48)49/h10-16,18,21,26-29,42H,17,19-20H2,1-9H3,(H,37,46)(H,38,43)/t26-,27?,28?,29?/m0/s1. The number of nitrogens with one attached hydrogen (secondary N) is 2. The van der Waals surface area contributed by atoms with E-state index in [-0.39, 0.29) is 41.5 Å². The highest BCUT2D eigenvalue weighted by molar-refractivity contribution is 7.90. The molecule has 4 atom stereocenters. The van der Waals surface area contributed by atoms with E-state index in [1.165, 1.54) is 53.4 Å². The van der Waals surface area contributed by atoms with Gasteiger partial charge in [-0.05, 0) is 96.3 Å². The Hall–Kier alpha value is -4.70. The highest BCUT2D eigenvalue weighted by atomic mass is 32.2. The van der Waals surface area contributed by atoms with Crippen LogP contribution in [0.15, 0.2) is 53.4 Å². The molecule has 2 heterocycles. The molecule has 0 aromatic heterocycles. The van der Waals surface area contributed by atoms with Gasteiger partial charge in [0.25, 0.3) is 17.7 Å².